The molecule has 2 aromatic rings. The van der Waals surface area contributed by atoms with Crippen LogP contribution in [0.3, 0.4) is 0 Å². The van der Waals surface area contributed by atoms with Gasteiger partial charge < -0.3 is 10.1 Å². The van der Waals surface area contributed by atoms with Crippen LogP contribution < -0.4 is 10.1 Å². The summed E-state index contributed by atoms with van der Waals surface area (Å²) in [7, 11) is 1.63. The van der Waals surface area contributed by atoms with Crippen molar-refractivity contribution in [3.8, 4) is 5.75 Å². The third kappa shape index (κ3) is 3.82. The van der Waals surface area contributed by atoms with Crippen LogP contribution in [0.4, 0.5) is 5.69 Å². The lowest BCUT2D eigenvalue weighted by molar-refractivity contribution is 0.101. The molecule has 0 aromatic heterocycles. The molecule has 1 amide bonds. The predicted octanol–water partition coefficient (Wildman–Crippen LogP) is 4.58. The van der Waals surface area contributed by atoms with Crippen molar-refractivity contribution in [2.75, 3.05) is 12.4 Å². The van der Waals surface area contributed by atoms with E-state index in [1.807, 2.05) is 19.1 Å². The maximum absolute atomic E-state index is 12.7. The molecule has 0 spiro atoms. The number of carbonyl (C=O) groups is 2. The Hall–Kier alpha value is -2.62. The molecule has 0 heterocycles. The Morgan fingerprint density at radius 2 is 1.83 bits per heavy atom. The highest BCUT2D eigenvalue weighted by atomic mass is 16.5. The van der Waals surface area contributed by atoms with Crippen molar-refractivity contribution in [2.24, 2.45) is 0 Å². The SMILES string of the molecule is COc1cc(C)c(C(=O)Nc2cccc(C(C)=O)c2)cc1C(C)C. The zero-order chi connectivity index (χ0) is 17.9. The summed E-state index contributed by atoms with van der Waals surface area (Å²) >= 11 is 0. The van der Waals surface area contributed by atoms with Crippen molar-refractivity contribution in [1.82, 2.24) is 0 Å². The van der Waals surface area contributed by atoms with E-state index in [-0.39, 0.29) is 17.6 Å². The molecule has 126 valence electrons. The first kappa shape index (κ1) is 17.7. The molecule has 2 aromatic carbocycles. The molecule has 4 nitrogen and oxygen atoms in total. The van der Waals surface area contributed by atoms with Gasteiger partial charge in [0.05, 0.1) is 7.11 Å². The maximum atomic E-state index is 12.7. The standard InChI is InChI=1S/C20H23NO3/c1-12(2)17-11-18(13(3)9-19(17)24-5)20(23)21-16-8-6-7-15(10-16)14(4)22/h6-12H,1-5H3,(H,21,23). The molecule has 0 aliphatic carbocycles. The topological polar surface area (TPSA) is 55.4 Å². The first-order valence-electron chi connectivity index (χ1n) is 7.94. The minimum atomic E-state index is -0.197. The van der Waals surface area contributed by atoms with Gasteiger partial charge in [-0.2, -0.15) is 0 Å². The Balaban J connectivity index is 2.34. The summed E-state index contributed by atoms with van der Waals surface area (Å²) in [5, 5.41) is 2.87. The number of methoxy groups -OCH3 is 1. The van der Waals surface area contributed by atoms with Crippen molar-refractivity contribution in [1.29, 1.82) is 0 Å². The van der Waals surface area contributed by atoms with Crippen LogP contribution in [0.1, 0.15) is 58.5 Å². The second kappa shape index (κ2) is 7.30. The number of aryl methyl sites for hydroxylation is 1. The summed E-state index contributed by atoms with van der Waals surface area (Å²) < 4.78 is 5.41. The van der Waals surface area contributed by atoms with Crippen LogP contribution in [-0.2, 0) is 0 Å². The van der Waals surface area contributed by atoms with E-state index >= 15 is 0 Å². The quantitative estimate of drug-likeness (QED) is 0.819. The minimum absolute atomic E-state index is 0.0335. The van der Waals surface area contributed by atoms with Gasteiger partial charge in [0, 0.05) is 16.8 Å². The van der Waals surface area contributed by atoms with Crippen molar-refractivity contribution in [2.45, 2.75) is 33.6 Å². The van der Waals surface area contributed by atoms with Gasteiger partial charge in [-0.15, -0.1) is 0 Å². The van der Waals surface area contributed by atoms with E-state index in [1.54, 1.807) is 31.4 Å². The Kier molecular flexibility index (Phi) is 5.39. The number of ketones is 1. The molecule has 0 atom stereocenters. The fourth-order valence-corrected chi connectivity index (χ4v) is 2.59. The van der Waals surface area contributed by atoms with Gasteiger partial charge in [0.2, 0.25) is 0 Å². The number of Topliss-reactive ketones (excluding diaryl/α,β-unsaturated/α-hetero) is 1. The van der Waals surface area contributed by atoms with E-state index < -0.39 is 0 Å². The monoisotopic (exact) mass is 325 g/mol. The van der Waals surface area contributed by atoms with E-state index in [0.717, 1.165) is 16.9 Å². The maximum Gasteiger partial charge on any atom is 0.255 e. The number of hydrogen-bond acceptors (Lipinski definition) is 3. The van der Waals surface area contributed by atoms with E-state index in [0.29, 0.717) is 16.8 Å². The highest BCUT2D eigenvalue weighted by Crippen LogP contribution is 2.30. The van der Waals surface area contributed by atoms with Gasteiger partial charge in [-0.1, -0.05) is 26.0 Å². The molecule has 0 saturated heterocycles. The average molecular weight is 325 g/mol. The smallest absolute Gasteiger partial charge is 0.255 e. The Morgan fingerprint density at radius 1 is 1.12 bits per heavy atom. The van der Waals surface area contributed by atoms with Gasteiger partial charge in [0.1, 0.15) is 5.75 Å². The molecule has 0 saturated carbocycles. The van der Waals surface area contributed by atoms with E-state index in [2.05, 4.69) is 19.2 Å². The lowest BCUT2D eigenvalue weighted by Crippen LogP contribution is -2.14. The number of amides is 1. The molecule has 2 rings (SSSR count). The van der Waals surface area contributed by atoms with E-state index in [9.17, 15) is 9.59 Å². The van der Waals surface area contributed by atoms with Gasteiger partial charge >= 0.3 is 0 Å². The van der Waals surface area contributed by atoms with Crippen molar-refractivity contribution in [3.63, 3.8) is 0 Å². The number of carbonyl (C=O) groups excluding carboxylic acids is 2. The minimum Gasteiger partial charge on any atom is -0.496 e. The number of hydrogen-bond donors (Lipinski definition) is 1. The van der Waals surface area contributed by atoms with Crippen molar-refractivity contribution >= 4 is 17.4 Å². The van der Waals surface area contributed by atoms with Gasteiger partial charge in [-0.25, -0.2) is 0 Å². The highest BCUT2D eigenvalue weighted by molar-refractivity contribution is 6.06. The molecule has 0 radical (unpaired) electrons. The molecule has 4 heteroatoms. The second-order valence-electron chi connectivity index (χ2n) is 6.15. The molecule has 0 aliphatic heterocycles. The first-order valence-corrected chi connectivity index (χ1v) is 7.94. The van der Waals surface area contributed by atoms with E-state index in [4.69, 9.17) is 4.74 Å². The number of nitrogens with one attached hydrogen (secondary N) is 1. The zero-order valence-corrected chi connectivity index (χ0v) is 14.8. The molecular weight excluding hydrogens is 302 g/mol. The van der Waals surface area contributed by atoms with Crippen LogP contribution >= 0.6 is 0 Å². The highest BCUT2D eigenvalue weighted by Gasteiger charge is 2.16. The normalized spacial score (nSPS) is 10.6. The molecule has 1 N–H and O–H groups in total. The van der Waals surface area contributed by atoms with Gasteiger partial charge in [-0.05, 0) is 55.2 Å². The third-order valence-corrected chi connectivity index (χ3v) is 3.97. The molecular formula is C20H23NO3. The number of ether oxygens (including phenoxy) is 1. The summed E-state index contributed by atoms with van der Waals surface area (Å²) in [6.07, 6.45) is 0. The average Bonchev–Trinajstić information content (AvgIpc) is 2.54. The molecule has 0 fully saturated rings. The third-order valence-electron chi connectivity index (χ3n) is 3.97. The van der Waals surface area contributed by atoms with Crippen LogP contribution in [0.5, 0.6) is 5.75 Å². The summed E-state index contributed by atoms with van der Waals surface area (Å²) in [5.41, 5.74) is 3.62. The number of rotatable bonds is 5. The van der Waals surface area contributed by atoms with Gasteiger partial charge in [0.15, 0.2) is 5.78 Å². The Bertz CT molecular complexity index is 778. The van der Waals surface area contributed by atoms with Crippen LogP contribution in [0.25, 0.3) is 0 Å². The predicted molar refractivity (Wildman–Crippen MR) is 96.2 cm³/mol. The van der Waals surface area contributed by atoms with Crippen LogP contribution in [0.2, 0.25) is 0 Å². The van der Waals surface area contributed by atoms with Crippen molar-refractivity contribution < 1.29 is 14.3 Å². The Morgan fingerprint density at radius 3 is 2.42 bits per heavy atom. The van der Waals surface area contributed by atoms with Crippen molar-refractivity contribution in [3.05, 3.63) is 58.7 Å². The van der Waals surface area contributed by atoms with Gasteiger partial charge in [0.25, 0.3) is 5.91 Å². The molecule has 0 aliphatic rings. The summed E-state index contributed by atoms with van der Waals surface area (Å²) in [6.45, 7) is 7.51. The van der Waals surface area contributed by atoms with Crippen LogP contribution in [0.15, 0.2) is 36.4 Å². The number of anilines is 1. The number of benzene rings is 2. The summed E-state index contributed by atoms with van der Waals surface area (Å²) in [6, 6.07) is 10.7. The fourth-order valence-electron chi connectivity index (χ4n) is 2.59. The lowest BCUT2D eigenvalue weighted by Gasteiger charge is -2.16. The first-order chi connectivity index (χ1) is 11.3. The summed E-state index contributed by atoms with van der Waals surface area (Å²) in [4.78, 5) is 24.1. The summed E-state index contributed by atoms with van der Waals surface area (Å²) in [5.74, 6) is 0.803. The Labute approximate surface area is 142 Å². The second-order valence-corrected chi connectivity index (χ2v) is 6.15. The zero-order valence-electron chi connectivity index (χ0n) is 14.8. The van der Waals surface area contributed by atoms with Crippen LogP contribution in [-0.4, -0.2) is 18.8 Å². The van der Waals surface area contributed by atoms with Crippen LogP contribution in [0, 0.1) is 6.92 Å². The molecule has 0 unspecified atom stereocenters. The molecule has 24 heavy (non-hydrogen) atoms. The largest absolute Gasteiger partial charge is 0.496 e. The lowest BCUT2D eigenvalue weighted by atomic mass is 9.96. The fraction of sp³-hybridized carbons (Fsp3) is 0.300. The van der Waals surface area contributed by atoms with Gasteiger partial charge in [-0.3, -0.25) is 9.59 Å². The van der Waals surface area contributed by atoms with E-state index in [1.165, 1.54) is 6.92 Å². The molecule has 0 bridgehead atoms.